The van der Waals surface area contributed by atoms with Crippen LogP contribution in [0.15, 0.2) is 30.3 Å². The normalized spacial score (nSPS) is 16.1. The van der Waals surface area contributed by atoms with Crippen molar-refractivity contribution in [3.63, 3.8) is 0 Å². The van der Waals surface area contributed by atoms with Gasteiger partial charge in [0.15, 0.2) is 0 Å². The molecular formula is C47H77N13O18. The molecular weight excluding hydrogens is 1030 g/mol. The molecule has 0 heterocycles. The molecule has 0 unspecified atom stereocenters. The van der Waals surface area contributed by atoms with Crippen molar-refractivity contribution in [1.82, 2.24) is 53.2 Å². The lowest BCUT2D eigenvalue weighted by atomic mass is 10.0. The van der Waals surface area contributed by atoms with Crippen LogP contribution in [0.1, 0.15) is 72.8 Å². The van der Waals surface area contributed by atoms with Gasteiger partial charge in [0, 0.05) is 6.42 Å². The third-order valence-corrected chi connectivity index (χ3v) is 11.5. The monoisotopic (exact) mass is 1110 g/mol. The van der Waals surface area contributed by atoms with Crippen LogP contribution in [0.5, 0.6) is 0 Å². The number of primary amides is 1. The lowest BCUT2D eigenvalue weighted by Gasteiger charge is -2.30. The summed E-state index contributed by atoms with van der Waals surface area (Å²) in [4.78, 5) is 157. The van der Waals surface area contributed by atoms with E-state index in [0.29, 0.717) is 18.4 Å². The first kappa shape index (κ1) is 68.6. The van der Waals surface area contributed by atoms with E-state index in [4.69, 9.17) is 17.2 Å². The maximum Gasteiger partial charge on any atom is 0.325 e. The number of hydrogen-bond acceptors (Lipinski definition) is 19. The SMILES string of the molecule is CC(C)[C@H](NC(=O)[C@@H](NC(=O)[C@@H](NC(=O)[C@H](CO)NC(=O)[C@@H](NC(=O)[C@H](Cc1ccccc1)NC(=O)[C@@H](CC(N)=O)NC(=O)[C@H](CO)NC(=O)CN)[C@@H](C)O)[C@@H](C)O)[C@@H](C)O)C(=O)N[C@@H](CCCCN)C(=O)N[C@@H](C)C(=O)O. The van der Waals surface area contributed by atoms with Crippen LogP contribution in [0.4, 0.5) is 0 Å². The van der Waals surface area contributed by atoms with Crippen molar-refractivity contribution in [2.75, 3.05) is 26.3 Å². The van der Waals surface area contributed by atoms with Crippen LogP contribution < -0.4 is 70.4 Å². The van der Waals surface area contributed by atoms with E-state index < -0.39 is 182 Å². The summed E-state index contributed by atoms with van der Waals surface area (Å²) in [5.74, 6) is -14.3. The highest BCUT2D eigenvalue weighted by Crippen LogP contribution is 2.10. The Balaban J connectivity index is 3.36. The fraction of sp³-hybridized carbons (Fsp3) is 0.617. The molecule has 0 aliphatic rings. The van der Waals surface area contributed by atoms with Gasteiger partial charge < -0.3 is 101 Å². The highest BCUT2D eigenvalue weighted by molar-refractivity contribution is 6.00. The predicted octanol–water partition coefficient (Wildman–Crippen LogP) is -9.07. The molecule has 0 spiro atoms. The number of rotatable bonds is 35. The molecule has 438 valence electrons. The van der Waals surface area contributed by atoms with Gasteiger partial charge in [-0.2, -0.15) is 0 Å². The summed E-state index contributed by atoms with van der Waals surface area (Å²) in [5, 5.41) is 83.5. The molecule has 1 aromatic carbocycles. The Kier molecular flexibility index (Phi) is 30.2. The predicted molar refractivity (Wildman–Crippen MR) is 273 cm³/mol. The Labute approximate surface area is 449 Å². The van der Waals surface area contributed by atoms with Crippen LogP contribution in [-0.2, 0) is 64.0 Å². The highest BCUT2D eigenvalue weighted by atomic mass is 16.4. The molecule has 0 aliphatic heterocycles. The van der Waals surface area contributed by atoms with Crippen molar-refractivity contribution < 1.29 is 88.2 Å². The van der Waals surface area contributed by atoms with Crippen LogP contribution in [0, 0.1) is 5.92 Å². The van der Waals surface area contributed by atoms with Gasteiger partial charge in [-0.15, -0.1) is 0 Å². The van der Waals surface area contributed by atoms with Gasteiger partial charge in [0.2, 0.25) is 65.0 Å². The number of carbonyl (C=O) groups is 12. The van der Waals surface area contributed by atoms with E-state index in [9.17, 15) is 88.2 Å². The summed E-state index contributed by atoms with van der Waals surface area (Å²) in [6, 6.07) is -9.02. The third kappa shape index (κ3) is 23.4. The molecule has 0 aliphatic carbocycles. The number of amides is 11. The van der Waals surface area contributed by atoms with Crippen LogP contribution in [0.3, 0.4) is 0 Å². The first-order chi connectivity index (χ1) is 36.5. The number of aliphatic hydroxyl groups is 5. The first-order valence-electron chi connectivity index (χ1n) is 24.8. The Morgan fingerprint density at radius 3 is 1.31 bits per heavy atom. The van der Waals surface area contributed by atoms with Gasteiger partial charge in [0.1, 0.15) is 60.4 Å². The molecule has 0 bridgehead atoms. The summed E-state index contributed by atoms with van der Waals surface area (Å²) in [6.07, 6.45) is -5.60. The van der Waals surface area contributed by atoms with E-state index in [1.54, 1.807) is 30.3 Å². The fourth-order valence-corrected chi connectivity index (χ4v) is 7.06. The zero-order valence-electron chi connectivity index (χ0n) is 44.1. The lowest BCUT2D eigenvalue weighted by Crippen LogP contribution is -2.64. The second-order valence-electron chi connectivity index (χ2n) is 18.6. The number of hydrogen-bond donors (Lipinski definition) is 19. The van der Waals surface area contributed by atoms with Gasteiger partial charge >= 0.3 is 5.97 Å². The minimum atomic E-state index is -1.99. The van der Waals surface area contributed by atoms with Gasteiger partial charge in [0.25, 0.3) is 0 Å². The molecule has 78 heavy (non-hydrogen) atoms. The molecule has 0 fully saturated rings. The quantitative estimate of drug-likeness (QED) is 0.0281. The van der Waals surface area contributed by atoms with Gasteiger partial charge in [-0.1, -0.05) is 44.2 Å². The molecule has 22 N–H and O–H groups in total. The molecule has 1 rings (SSSR count). The summed E-state index contributed by atoms with van der Waals surface area (Å²) in [6.45, 7) is 4.95. The molecule has 1 aromatic rings. The molecule has 13 atom stereocenters. The Morgan fingerprint density at radius 1 is 0.474 bits per heavy atom. The van der Waals surface area contributed by atoms with Crippen molar-refractivity contribution in [2.45, 2.75) is 152 Å². The number of unbranched alkanes of at least 4 members (excludes halogenated alkanes) is 1. The Bertz CT molecular complexity index is 2220. The van der Waals surface area contributed by atoms with Crippen LogP contribution >= 0.6 is 0 Å². The summed E-state index contributed by atoms with van der Waals surface area (Å²) >= 11 is 0. The van der Waals surface area contributed by atoms with Gasteiger partial charge in [-0.3, -0.25) is 57.5 Å². The summed E-state index contributed by atoms with van der Waals surface area (Å²) in [7, 11) is 0. The van der Waals surface area contributed by atoms with Crippen molar-refractivity contribution in [3.8, 4) is 0 Å². The number of carboxylic acid groups (broad SMARTS) is 1. The molecule has 0 saturated carbocycles. The number of carbonyl (C=O) groups excluding carboxylic acids is 11. The standard InChI is InChI=1S/C47H77N13O18/c1-21(2)34(43(73)53-27(14-10-11-15-48)38(68)51-22(3)47(77)78)57-45(75)37(25(6)65)60-46(76)36(24(5)64)59-42(72)31(20-62)56-44(74)35(23(4)63)58-40(70)28(16-26-12-8-7-9-13-26)54-39(69)29(17-32(50)66)55-41(71)30(19-61)52-33(67)18-49/h7-9,12-13,21-25,27-31,34-37,61-65H,10-11,14-20,48-49H2,1-6H3,(H2,50,66)(H,51,68)(H,52,67)(H,53,73)(H,54,69)(H,55,71)(H,56,74)(H,57,75)(H,58,70)(H,59,72)(H,60,76)(H,77,78)/t22-,23+,24+,25+,27-,28-,29+,30-,31-,34-,35-,36-,37-/m0/s1. The summed E-state index contributed by atoms with van der Waals surface area (Å²) in [5.41, 5.74) is 16.6. The lowest BCUT2D eigenvalue weighted by molar-refractivity contribution is -0.142. The minimum Gasteiger partial charge on any atom is -0.480 e. The van der Waals surface area contributed by atoms with Crippen LogP contribution in [-0.4, -0.2) is 207 Å². The maximum absolute atomic E-state index is 13.9. The molecule has 11 amide bonds. The molecule has 31 heteroatoms. The number of benzene rings is 1. The average molecular weight is 1110 g/mol. The second-order valence-corrected chi connectivity index (χ2v) is 18.6. The largest absolute Gasteiger partial charge is 0.480 e. The molecule has 0 saturated heterocycles. The Morgan fingerprint density at radius 2 is 0.859 bits per heavy atom. The average Bonchev–Trinajstić information content (AvgIpc) is 3.37. The number of carboxylic acids is 1. The van der Waals surface area contributed by atoms with Crippen LogP contribution in [0.25, 0.3) is 0 Å². The summed E-state index contributed by atoms with van der Waals surface area (Å²) < 4.78 is 0. The van der Waals surface area contributed by atoms with E-state index in [2.05, 4.69) is 53.2 Å². The number of nitrogens with one attached hydrogen (secondary N) is 10. The zero-order valence-corrected chi connectivity index (χ0v) is 44.1. The first-order valence-corrected chi connectivity index (χ1v) is 24.8. The van der Waals surface area contributed by atoms with E-state index in [1.165, 1.54) is 20.8 Å². The van der Waals surface area contributed by atoms with E-state index in [-0.39, 0.29) is 19.4 Å². The van der Waals surface area contributed by atoms with E-state index in [1.807, 2.05) is 0 Å². The molecule has 31 nitrogen and oxygen atoms in total. The topological polar surface area (TPSA) is 525 Å². The van der Waals surface area contributed by atoms with Crippen LogP contribution in [0.2, 0.25) is 0 Å². The second kappa shape index (κ2) is 34.4. The maximum atomic E-state index is 13.9. The minimum absolute atomic E-state index is 0.0388. The number of aliphatic hydroxyl groups excluding tert-OH is 5. The van der Waals surface area contributed by atoms with E-state index in [0.717, 1.165) is 20.8 Å². The number of nitrogens with two attached hydrogens (primary N) is 3. The highest BCUT2D eigenvalue weighted by Gasteiger charge is 2.39. The van der Waals surface area contributed by atoms with Crippen molar-refractivity contribution in [2.24, 2.45) is 23.1 Å². The van der Waals surface area contributed by atoms with Gasteiger partial charge in [0.05, 0.1) is 44.5 Å². The zero-order chi connectivity index (χ0) is 59.6. The van der Waals surface area contributed by atoms with E-state index >= 15 is 0 Å². The molecule has 0 radical (unpaired) electrons. The van der Waals surface area contributed by atoms with Crippen molar-refractivity contribution in [1.29, 1.82) is 0 Å². The fourth-order valence-electron chi connectivity index (χ4n) is 7.06. The third-order valence-electron chi connectivity index (χ3n) is 11.5. The van der Waals surface area contributed by atoms with Gasteiger partial charge in [-0.05, 0) is 65.0 Å². The Hall–Kier alpha value is -7.42. The van der Waals surface area contributed by atoms with Crippen molar-refractivity contribution >= 4 is 70.9 Å². The van der Waals surface area contributed by atoms with Crippen molar-refractivity contribution in [3.05, 3.63) is 35.9 Å². The number of aliphatic carboxylic acids is 1. The smallest absolute Gasteiger partial charge is 0.325 e. The molecule has 0 aromatic heterocycles. The van der Waals surface area contributed by atoms with Gasteiger partial charge in [-0.25, -0.2) is 0 Å².